The van der Waals surface area contributed by atoms with Gasteiger partial charge in [0.05, 0.1) is 83.3 Å². The van der Waals surface area contributed by atoms with E-state index in [1.165, 1.54) is 31.7 Å². The molecule has 0 radical (unpaired) electrons. The number of hydrogen-bond donors (Lipinski definition) is 2. The Morgan fingerprint density at radius 2 is 0.909 bits per heavy atom. The van der Waals surface area contributed by atoms with Crippen molar-refractivity contribution in [1.29, 1.82) is 0 Å². The molecule has 6 fully saturated rings. The van der Waals surface area contributed by atoms with Gasteiger partial charge in [-0.25, -0.2) is 35.2 Å². The molecule has 2 saturated heterocycles. The molecule has 10 aliphatic rings. The second kappa shape index (κ2) is 32.1. The van der Waals surface area contributed by atoms with Crippen LogP contribution < -0.4 is 9.44 Å². The summed E-state index contributed by atoms with van der Waals surface area (Å²) in [5, 5.41) is 0. The highest BCUT2D eigenvalue weighted by Gasteiger charge is 2.65. The lowest BCUT2D eigenvalue weighted by Crippen LogP contribution is -2.48. The van der Waals surface area contributed by atoms with E-state index in [1.54, 1.807) is 79.7 Å². The number of nitrogens with one attached hydrogen (secondary N) is 2. The number of ketones is 2. The minimum absolute atomic E-state index is 0.0153. The summed E-state index contributed by atoms with van der Waals surface area (Å²) in [5.41, 5.74) is -2.08. The Hall–Kier alpha value is -7.62. The number of benzene rings is 2. The first-order chi connectivity index (χ1) is 51.5. The zero-order chi connectivity index (χ0) is 80.2. The zero-order valence-corrected chi connectivity index (χ0v) is 67.4. The van der Waals surface area contributed by atoms with Gasteiger partial charge in [0.1, 0.15) is 35.0 Å². The van der Waals surface area contributed by atoms with Crippen LogP contribution in [0.5, 0.6) is 0 Å². The third-order valence-electron chi connectivity index (χ3n) is 24.8. The summed E-state index contributed by atoms with van der Waals surface area (Å²) in [5.74, 6) is -7.65. The number of hydrogen-bond acceptors (Lipinski definition) is 18. The SMILES string of the molecule is CC[C@@H]1C[C@@H](C)CC/C=C\[C@@H]2C[C@@]2(C(=O)NS(=O)(=O)C2(C)CC2)CC(=O)[C@@H]2C[C@@H](OC(=O)N3Cc4cccc(F)c4C3)CN2C(=O)[C@H]1CC(=O)OC(C)(C)C.CC[C@@H]1C[C@H](C)CC/C=C\[C@@H]2C[C@@]2(C(=O)NS(=O)(=O)C2(C)CC2)CC(=O)[C@@H]2C[C@@H](OC(=O)N3Cc4cccc(F)c4C3)CN2C(=O)[C@H]1CC(=O)OC(C)(C)C. The van der Waals surface area contributed by atoms with Gasteiger partial charge < -0.3 is 28.7 Å². The standard InChI is InChI=1S/2C41H56FN3O9S/c2*1-7-26-17-25(2)11-8-9-13-28-20-41(28,37(49)43-55(51,52)40(6)15-16-40)21-34(46)33-18-29(23-45(33)36(48)30(26)19-35(47)54-39(3,4)5)53-38(50)44-22-27-12-10-14-32(42)31(27)24-44/h2*9-10,12-14,25-26,28-30,33H,7-8,11,15-24H2,1-6H3,(H,43,49)/b2*13-9-/t25-,26+,28+,29+,30-,33-,41+;25-,26-,28-,29-,30+,33+,41-/m01/s1. The van der Waals surface area contributed by atoms with Crippen molar-refractivity contribution < 1.29 is 92.5 Å². The second-order valence-corrected chi connectivity index (χ2v) is 40.2. The van der Waals surface area contributed by atoms with Crippen molar-refractivity contribution in [2.45, 2.75) is 283 Å². The predicted molar refractivity (Wildman–Crippen MR) is 402 cm³/mol. The number of esters is 2. The van der Waals surface area contributed by atoms with Gasteiger partial charge in [0.25, 0.3) is 0 Å². The largest absolute Gasteiger partial charge is 0.460 e. The van der Waals surface area contributed by atoms with E-state index in [2.05, 4.69) is 23.3 Å². The number of fused-ring (bicyclic) bond motifs is 6. The smallest absolute Gasteiger partial charge is 0.410 e. The monoisotopic (exact) mass is 1570 g/mol. The number of Topliss-reactive ketones (excluding diaryl/α,β-unsaturated/α-hetero) is 2. The summed E-state index contributed by atoms with van der Waals surface area (Å²) in [6, 6.07) is 7.10. The van der Waals surface area contributed by atoms with Crippen molar-refractivity contribution in [3.8, 4) is 0 Å². The molecule has 0 unspecified atom stereocenters. The number of allylic oxidation sites excluding steroid dienone is 4. The van der Waals surface area contributed by atoms with Gasteiger partial charge in [0, 0.05) is 49.9 Å². The average Bonchev–Trinajstić information content (AvgIpc) is 1.57. The van der Waals surface area contributed by atoms with Crippen LogP contribution in [0, 0.1) is 69.8 Å². The van der Waals surface area contributed by atoms with Gasteiger partial charge >= 0.3 is 24.1 Å². The van der Waals surface area contributed by atoms with E-state index in [1.807, 2.05) is 38.2 Å². The van der Waals surface area contributed by atoms with Crippen LogP contribution in [-0.4, -0.2) is 154 Å². The van der Waals surface area contributed by atoms with Crippen molar-refractivity contribution in [3.05, 3.63) is 94.6 Å². The van der Waals surface area contributed by atoms with Crippen LogP contribution in [0.3, 0.4) is 0 Å². The third kappa shape index (κ3) is 18.7. The Bertz CT molecular complexity index is 3970. The molecule has 4 aliphatic carbocycles. The average molecular weight is 1570 g/mol. The molecule has 2 aromatic rings. The van der Waals surface area contributed by atoms with E-state index in [9.17, 15) is 73.6 Å². The fourth-order valence-electron chi connectivity index (χ4n) is 17.3. The normalized spacial score (nSPS) is 31.3. The summed E-state index contributed by atoms with van der Waals surface area (Å²) in [6.45, 7) is 21.9. The van der Waals surface area contributed by atoms with Crippen molar-refractivity contribution in [2.24, 2.45) is 58.2 Å². The van der Waals surface area contributed by atoms with Crippen LogP contribution in [-0.2, 0) is 104 Å². The molecule has 6 aliphatic heterocycles. The molecule has 14 atom stereocenters. The second-order valence-electron chi connectivity index (χ2n) is 35.8. The molecule has 6 heterocycles. The van der Waals surface area contributed by atoms with Crippen LogP contribution >= 0.6 is 0 Å². The van der Waals surface area contributed by atoms with Gasteiger partial charge in [0.15, 0.2) is 11.6 Å². The molecule has 2 aromatic carbocycles. The summed E-state index contributed by atoms with van der Waals surface area (Å²) < 4.78 is 108. The highest BCUT2D eigenvalue weighted by Crippen LogP contribution is 2.59. The fraction of sp³-hybridized carbons (Fsp3) is 0.683. The Morgan fingerprint density at radius 3 is 1.24 bits per heavy atom. The molecule has 24 nitrogen and oxygen atoms in total. The van der Waals surface area contributed by atoms with E-state index >= 15 is 0 Å². The summed E-state index contributed by atoms with van der Waals surface area (Å²) >= 11 is 0. The lowest BCUT2D eigenvalue weighted by Gasteiger charge is -2.33. The number of carbonyl (C=O) groups is 10. The Morgan fingerprint density at radius 1 is 0.545 bits per heavy atom. The van der Waals surface area contributed by atoms with Gasteiger partial charge in [-0.2, -0.15) is 0 Å². The maximum absolute atomic E-state index is 14.9. The van der Waals surface area contributed by atoms with Crippen LogP contribution in [0.2, 0.25) is 0 Å². The summed E-state index contributed by atoms with van der Waals surface area (Å²) in [6.07, 6.45) is 11.1. The van der Waals surface area contributed by atoms with Crippen molar-refractivity contribution >= 4 is 79.4 Å². The molecule has 12 rings (SSSR count). The van der Waals surface area contributed by atoms with Crippen LogP contribution in [0.1, 0.15) is 234 Å². The molecule has 0 spiro atoms. The Kier molecular flexibility index (Phi) is 24.3. The number of sulfonamides is 2. The molecular weight excluding hydrogens is 1460 g/mol. The maximum Gasteiger partial charge on any atom is 0.410 e. The first-order valence-corrected chi connectivity index (χ1v) is 42.5. The number of amides is 6. The number of nitrogens with zero attached hydrogens (tertiary/aromatic N) is 4. The lowest BCUT2D eigenvalue weighted by molar-refractivity contribution is -0.160. The van der Waals surface area contributed by atoms with Crippen LogP contribution in [0.15, 0.2) is 60.7 Å². The Labute approximate surface area is 646 Å². The predicted octanol–water partition coefficient (Wildman–Crippen LogP) is 11.9. The third-order valence-corrected chi connectivity index (χ3v) is 29.1. The van der Waals surface area contributed by atoms with E-state index in [0.29, 0.717) is 86.5 Å². The molecule has 2 N–H and O–H groups in total. The van der Waals surface area contributed by atoms with E-state index in [4.69, 9.17) is 18.9 Å². The van der Waals surface area contributed by atoms with E-state index in [0.717, 1.165) is 12.8 Å². The molecule has 604 valence electrons. The van der Waals surface area contributed by atoms with Crippen LogP contribution in [0.25, 0.3) is 0 Å². The summed E-state index contributed by atoms with van der Waals surface area (Å²) in [4.78, 5) is 146. The quantitative estimate of drug-likeness (QED) is 0.101. The Balaban J connectivity index is 0.000000218. The van der Waals surface area contributed by atoms with Gasteiger partial charge in [-0.1, -0.05) is 89.1 Å². The molecular formula is C82H112F2N6O18S2. The molecule has 0 bridgehead atoms. The number of rotatable bonds is 14. The van der Waals surface area contributed by atoms with Crippen molar-refractivity contribution in [3.63, 3.8) is 0 Å². The van der Waals surface area contributed by atoms with Gasteiger partial charge in [0.2, 0.25) is 43.7 Å². The first-order valence-electron chi connectivity index (χ1n) is 39.5. The molecule has 28 heteroatoms. The van der Waals surface area contributed by atoms with E-state index in [-0.39, 0.29) is 126 Å². The molecule has 110 heavy (non-hydrogen) atoms. The number of carbonyl (C=O) groups excluding carboxylic acids is 10. The number of halogens is 2. The van der Waals surface area contributed by atoms with Crippen molar-refractivity contribution in [1.82, 2.24) is 29.0 Å². The minimum atomic E-state index is -3.99. The van der Waals surface area contributed by atoms with Crippen LogP contribution in [0.4, 0.5) is 18.4 Å². The topological polar surface area (TPSA) is 313 Å². The highest BCUT2D eigenvalue weighted by atomic mass is 32.2. The zero-order valence-electron chi connectivity index (χ0n) is 65.8. The first kappa shape index (κ1) is 83.3. The fourth-order valence-corrected chi connectivity index (χ4v) is 19.9. The van der Waals surface area contributed by atoms with E-state index < -0.39 is 159 Å². The molecule has 0 aromatic heterocycles. The molecule has 6 amide bonds. The number of ether oxygens (including phenoxy) is 4. The highest BCUT2D eigenvalue weighted by molar-refractivity contribution is 7.92. The van der Waals surface area contributed by atoms with Gasteiger partial charge in [-0.15, -0.1) is 0 Å². The van der Waals surface area contributed by atoms with Gasteiger partial charge in [-0.05, 0) is 191 Å². The summed E-state index contributed by atoms with van der Waals surface area (Å²) in [7, 11) is -7.97. The molecule has 4 saturated carbocycles. The van der Waals surface area contributed by atoms with Gasteiger partial charge in [-0.3, -0.25) is 57.6 Å². The lowest BCUT2D eigenvalue weighted by atomic mass is 9.79. The maximum atomic E-state index is 14.9. The minimum Gasteiger partial charge on any atom is -0.460 e. The van der Waals surface area contributed by atoms with Crippen molar-refractivity contribution in [2.75, 3.05) is 13.1 Å².